The third-order valence-corrected chi connectivity index (χ3v) is 3.32. The lowest BCUT2D eigenvalue weighted by molar-refractivity contribution is 0.0916. The van der Waals surface area contributed by atoms with E-state index in [0.717, 1.165) is 12.0 Å². The van der Waals surface area contributed by atoms with Crippen LogP contribution in [0.5, 0.6) is 0 Å². The molecule has 0 saturated carbocycles. The number of amides is 1. The first-order valence-electron chi connectivity index (χ1n) is 6.83. The molecule has 0 aliphatic carbocycles. The smallest absolute Gasteiger partial charge is 0.252 e. The number of aromatic amines is 1. The van der Waals surface area contributed by atoms with Crippen LogP contribution in [0.3, 0.4) is 0 Å². The van der Waals surface area contributed by atoms with Crippen molar-refractivity contribution in [2.75, 3.05) is 6.61 Å². The van der Waals surface area contributed by atoms with E-state index in [1.165, 1.54) is 23.9 Å². The quantitative estimate of drug-likeness (QED) is 0.777. The molecule has 0 aliphatic rings. The van der Waals surface area contributed by atoms with E-state index in [9.17, 15) is 14.7 Å². The van der Waals surface area contributed by atoms with Gasteiger partial charge in [0.2, 0.25) is 5.56 Å². The number of aryl methyl sites for hydroxylation is 1. The number of nitrogens with one attached hydrogen (secondary N) is 2. The van der Waals surface area contributed by atoms with Gasteiger partial charge in [-0.25, -0.2) is 0 Å². The Balaban J connectivity index is 2.14. The van der Waals surface area contributed by atoms with Gasteiger partial charge in [-0.2, -0.15) is 0 Å². The molecule has 1 aromatic heterocycles. The van der Waals surface area contributed by atoms with Crippen molar-refractivity contribution in [2.45, 2.75) is 19.4 Å². The van der Waals surface area contributed by atoms with Gasteiger partial charge >= 0.3 is 0 Å². The lowest BCUT2D eigenvalue weighted by atomic mass is 10.0. The Morgan fingerprint density at radius 2 is 2.00 bits per heavy atom. The van der Waals surface area contributed by atoms with Crippen LogP contribution in [0.2, 0.25) is 0 Å². The van der Waals surface area contributed by atoms with E-state index in [-0.39, 0.29) is 23.6 Å². The van der Waals surface area contributed by atoms with E-state index in [1.54, 1.807) is 0 Å². The summed E-state index contributed by atoms with van der Waals surface area (Å²) in [4.78, 5) is 25.7. The summed E-state index contributed by atoms with van der Waals surface area (Å²) in [5, 5.41) is 12.2. The summed E-state index contributed by atoms with van der Waals surface area (Å²) < 4.78 is 0. The maximum atomic E-state index is 12.1. The highest BCUT2D eigenvalue weighted by atomic mass is 16.3. The van der Waals surface area contributed by atoms with Crippen LogP contribution in [-0.2, 0) is 6.42 Å². The minimum Gasteiger partial charge on any atom is -0.394 e. The molecule has 0 radical (unpaired) electrons. The van der Waals surface area contributed by atoms with Gasteiger partial charge in [0.05, 0.1) is 12.6 Å². The number of aromatic nitrogens is 1. The zero-order chi connectivity index (χ0) is 15.2. The molecule has 1 unspecified atom stereocenters. The number of benzene rings is 1. The summed E-state index contributed by atoms with van der Waals surface area (Å²) in [7, 11) is 0. The molecule has 1 amide bonds. The molecular weight excluding hydrogens is 268 g/mol. The molecule has 0 bridgehead atoms. The average molecular weight is 286 g/mol. The third kappa shape index (κ3) is 3.79. The summed E-state index contributed by atoms with van der Waals surface area (Å²) >= 11 is 0. The second kappa shape index (κ2) is 6.85. The molecular formula is C16H18N2O3. The summed E-state index contributed by atoms with van der Waals surface area (Å²) in [5.41, 5.74) is 1.95. The van der Waals surface area contributed by atoms with Gasteiger partial charge in [-0.05, 0) is 23.6 Å². The van der Waals surface area contributed by atoms with Crippen LogP contribution in [0, 0.1) is 0 Å². The third-order valence-electron chi connectivity index (χ3n) is 3.32. The number of carbonyl (C=O) groups excluding carboxylic acids is 1. The van der Waals surface area contributed by atoms with Gasteiger partial charge in [-0.15, -0.1) is 0 Å². The van der Waals surface area contributed by atoms with Crippen LogP contribution in [0.15, 0.2) is 47.4 Å². The van der Waals surface area contributed by atoms with E-state index in [1.807, 2.05) is 24.3 Å². The van der Waals surface area contributed by atoms with Crippen molar-refractivity contribution >= 4 is 5.91 Å². The number of hydrogen-bond donors (Lipinski definition) is 3. The SMILES string of the molecule is CCc1ccc(C(CO)NC(=O)c2cc[nH]c(=O)c2)cc1. The molecule has 3 N–H and O–H groups in total. The van der Waals surface area contributed by atoms with Gasteiger partial charge in [0.25, 0.3) is 5.91 Å². The Kier molecular flexibility index (Phi) is 4.90. The molecule has 1 aromatic carbocycles. The van der Waals surface area contributed by atoms with Gasteiger partial charge in [0, 0.05) is 17.8 Å². The van der Waals surface area contributed by atoms with Crippen molar-refractivity contribution < 1.29 is 9.90 Å². The normalized spacial score (nSPS) is 11.9. The van der Waals surface area contributed by atoms with Crippen LogP contribution in [0.1, 0.15) is 34.5 Å². The highest BCUT2D eigenvalue weighted by Crippen LogP contribution is 2.14. The fourth-order valence-electron chi connectivity index (χ4n) is 2.05. The lowest BCUT2D eigenvalue weighted by Crippen LogP contribution is -2.31. The van der Waals surface area contributed by atoms with E-state index < -0.39 is 6.04 Å². The number of rotatable bonds is 5. The topological polar surface area (TPSA) is 82.2 Å². The van der Waals surface area contributed by atoms with Crippen LogP contribution < -0.4 is 10.9 Å². The molecule has 0 aliphatic heterocycles. The molecule has 0 spiro atoms. The zero-order valence-corrected chi connectivity index (χ0v) is 11.8. The summed E-state index contributed by atoms with van der Waals surface area (Å²) in [5.74, 6) is -0.389. The first-order valence-corrected chi connectivity index (χ1v) is 6.83. The number of aliphatic hydroxyl groups is 1. The number of hydrogen-bond acceptors (Lipinski definition) is 3. The van der Waals surface area contributed by atoms with Crippen molar-refractivity contribution in [3.8, 4) is 0 Å². The zero-order valence-electron chi connectivity index (χ0n) is 11.8. The predicted molar refractivity (Wildman–Crippen MR) is 80.2 cm³/mol. The minimum atomic E-state index is -0.498. The Labute approximate surface area is 122 Å². The van der Waals surface area contributed by atoms with Gasteiger partial charge < -0.3 is 15.4 Å². The largest absolute Gasteiger partial charge is 0.394 e. The predicted octanol–water partition coefficient (Wildman–Crippen LogP) is 1.40. The Bertz CT molecular complexity index is 662. The van der Waals surface area contributed by atoms with Crippen LogP contribution in [0.4, 0.5) is 0 Å². The molecule has 0 fully saturated rings. The number of carbonyl (C=O) groups is 1. The van der Waals surface area contributed by atoms with Crippen LogP contribution in [0.25, 0.3) is 0 Å². The highest BCUT2D eigenvalue weighted by Gasteiger charge is 2.15. The molecule has 0 saturated heterocycles. The number of H-pyrrole nitrogens is 1. The molecule has 21 heavy (non-hydrogen) atoms. The standard InChI is InChI=1S/C16H18N2O3/c1-2-11-3-5-12(6-4-11)14(10-19)18-16(21)13-7-8-17-15(20)9-13/h3-9,14,19H,2,10H2,1H3,(H,17,20)(H,18,21). The molecule has 5 heteroatoms. The van der Waals surface area contributed by atoms with Crippen LogP contribution >= 0.6 is 0 Å². The van der Waals surface area contributed by atoms with Crippen molar-refractivity contribution in [3.05, 3.63) is 69.6 Å². The monoisotopic (exact) mass is 286 g/mol. The Morgan fingerprint density at radius 1 is 1.29 bits per heavy atom. The molecule has 110 valence electrons. The van der Waals surface area contributed by atoms with Gasteiger partial charge in [-0.1, -0.05) is 31.2 Å². The average Bonchev–Trinajstić information content (AvgIpc) is 2.52. The summed E-state index contributed by atoms with van der Waals surface area (Å²) in [6, 6.07) is 9.96. The van der Waals surface area contributed by atoms with Crippen molar-refractivity contribution in [1.29, 1.82) is 0 Å². The van der Waals surface area contributed by atoms with Gasteiger partial charge in [0.15, 0.2) is 0 Å². The molecule has 5 nitrogen and oxygen atoms in total. The van der Waals surface area contributed by atoms with Crippen molar-refractivity contribution in [2.24, 2.45) is 0 Å². The Hall–Kier alpha value is -2.40. The summed E-state index contributed by atoms with van der Waals surface area (Å²) in [6.45, 7) is 1.85. The second-order valence-electron chi connectivity index (χ2n) is 4.75. The van der Waals surface area contributed by atoms with E-state index in [4.69, 9.17) is 0 Å². The number of aliphatic hydroxyl groups excluding tert-OH is 1. The maximum absolute atomic E-state index is 12.1. The summed E-state index contributed by atoms with van der Waals surface area (Å²) in [6.07, 6.45) is 2.35. The fraction of sp³-hybridized carbons (Fsp3) is 0.250. The molecule has 2 rings (SSSR count). The highest BCUT2D eigenvalue weighted by molar-refractivity contribution is 5.94. The number of pyridine rings is 1. The van der Waals surface area contributed by atoms with E-state index in [2.05, 4.69) is 17.2 Å². The maximum Gasteiger partial charge on any atom is 0.252 e. The second-order valence-corrected chi connectivity index (χ2v) is 4.75. The van der Waals surface area contributed by atoms with Gasteiger partial charge in [-0.3, -0.25) is 9.59 Å². The minimum absolute atomic E-state index is 0.208. The Morgan fingerprint density at radius 3 is 2.57 bits per heavy atom. The van der Waals surface area contributed by atoms with Gasteiger partial charge in [0.1, 0.15) is 0 Å². The molecule has 1 atom stereocenters. The van der Waals surface area contributed by atoms with Crippen molar-refractivity contribution in [3.63, 3.8) is 0 Å². The van der Waals surface area contributed by atoms with Crippen molar-refractivity contribution in [1.82, 2.24) is 10.3 Å². The fourth-order valence-corrected chi connectivity index (χ4v) is 2.05. The van der Waals surface area contributed by atoms with E-state index in [0.29, 0.717) is 0 Å². The van der Waals surface area contributed by atoms with E-state index >= 15 is 0 Å². The molecule has 2 aromatic rings. The first-order chi connectivity index (χ1) is 10.1. The molecule has 1 heterocycles. The lowest BCUT2D eigenvalue weighted by Gasteiger charge is -2.17. The van der Waals surface area contributed by atoms with Crippen LogP contribution in [-0.4, -0.2) is 22.6 Å². The first kappa shape index (κ1) is 15.0.